The molecule has 9 nitrogen and oxygen atoms in total. The summed E-state index contributed by atoms with van der Waals surface area (Å²) in [5.41, 5.74) is 0.492. The van der Waals surface area contributed by atoms with Crippen LogP contribution >= 0.6 is 0 Å². The van der Waals surface area contributed by atoms with E-state index >= 15 is 0 Å². The number of hydrogen-bond donors (Lipinski definition) is 1. The van der Waals surface area contributed by atoms with Crippen LogP contribution in [0.2, 0.25) is 0 Å². The molecule has 0 radical (unpaired) electrons. The van der Waals surface area contributed by atoms with Crippen LogP contribution in [0.15, 0.2) is 47.4 Å². The second kappa shape index (κ2) is 9.07. The number of benzene rings is 2. The summed E-state index contributed by atoms with van der Waals surface area (Å²) in [5.74, 6) is 0.0104. The molecule has 32 heavy (non-hydrogen) atoms. The van der Waals surface area contributed by atoms with Crippen molar-refractivity contribution in [2.75, 3.05) is 31.0 Å². The zero-order chi connectivity index (χ0) is 22.7. The summed E-state index contributed by atoms with van der Waals surface area (Å²) in [6, 6.07) is 10.2. The van der Waals surface area contributed by atoms with E-state index in [1.165, 1.54) is 36.4 Å². The molecule has 1 unspecified atom stereocenters. The van der Waals surface area contributed by atoms with E-state index in [1.54, 1.807) is 17.9 Å². The molecule has 4 rings (SSSR count). The van der Waals surface area contributed by atoms with Gasteiger partial charge >= 0.3 is 5.97 Å². The van der Waals surface area contributed by atoms with Gasteiger partial charge in [0.05, 0.1) is 10.5 Å². The fourth-order valence-corrected chi connectivity index (χ4v) is 4.63. The van der Waals surface area contributed by atoms with Crippen molar-refractivity contribution in [3.63, 3.8) is 0 Å². The molecular weight excluding hydrogens is 436 g/mol. The fourth-order valence-electron chi connectivity index (χ4n) is 3.55. The number of nitrogens with one attached hydrogen (secondary N) is 1. The van der Waals surface area contributed by atoms with E-state index in [1.807, 2.05) is 0 Å². The Balaban J connectivity index is 1.39. The largest absolute Gasteiger partial charge is 0.486 e. The first-order chi connectivity index (χ1) is 15.3. The monoisotopic (exact) mass is 460 g/mol. The number of amides is 1. The van der Waals surface area contributed by atoms with Crippen molar-refractivity contribution in [2.24, 2.45) is 0 Å². The Bertz CT molecular complexity index is 1110. The average molecular weight is 461 g/mol. The number of ether oxygens (including phenoxy) is 3. The molecule has 0 aliphatic carbocycles. The van der Waals surface area contributed by atoms with Gasteiger partial charge < -0.3 is 19.1 Å². The van der Waals surface area contributed by atoms with Crippen molar-refractivity contribution in [3.05, 3.63) is 48.0 Å². The number of fused-ring (bicyclic) bond motifs is 1. The van der Waals surface area contributed by atoms with Crippen molar-refractivity contribution < 1.29 is 32.2 Å². The highest BCUT2D eigenvalue weighted by atomic mass is 32.2. The first-order valence-electron chi connectivity index (χ1n) is 10.4. The molecule has 2 heterocycles. The lowest BCUT2D eigenvalue weighted by Gasteiger charge is -2.20. The van der Waals surface area contributed by atoms with Crippen molar-refractivity contribution in [1.82, 2.24) is 4.90 Å². The standard InChI is InChI=1S/C22H24N2O7S/c1-15(21(25)24-10-2-3-11-24)31-22(26)16-4-6-17(7-5-16)23-32(27,28)18-8-9-19-20(14-18)30-13-12-29-19/h4-9,14-15,23H,2-3,10-13H2,1H3. The van der Waals surface area contributed by atoms with E-state index in [0.717, 1.165) is 12.8 Å². The van der Waals surface area contributed by atoms with Crippen LogP contribution in [0.3, 0.4) is 0 Å². The van der Waals surface area contributed by atoms with Crippen molar-refractivity contribution in [1.29, 1.82) is 0 Å². The number of anilines is 1. The van der Waals surface area contributed by atoms with E-state index in [9.17, 15) is 18.0 Å². The number of rotatable bonds is 6. The Labute approximate surface area is 186 Å². The van der Waals surface area contributed by atoms with Gasteiger partial charge in [-0.3, -0.25) is 9.52 Å². The average Bonchev–Trinajstić information content (AvgIpc) is 3.33. The van der Waals surface area contributed by atoms with Crippen LogP contribution in [0, 0.1) is 0 Å². The maximum Gasteiger partial charge on any atom is 0.338 e. The van der Waals surface area contributed by atoms with Crippen molar-refractivity contribution in [3.8, 4) is 11.5 Å². The zero-order valence-corrected chi connectivity index (χ0v) is 18.4. The molecule has 0 aromatic heterocycles. The van der Waals surface area contributed by atoms with Crippen LogP contribution in [0.5, 0.6) is 11.5 Å². The Morgan fingerprint density at radius 1 is 1.00 bits per heavy atom. The summed E-state index contributed by atoms with van der Waals surface area (Å²) in [6.45, 7) is 3.67. The molecule has 170 valence electrons. The molecule has 10 heteroatoms. The minimum Gasteiger partial charge on any atom is -0.486 e. The smallest absolute Gasteiger partial charge is 0.338 e. The molecule has 2 aromatic rings. The summed E-state index contributed by atoms with van der Waals surface area (Å²) < 4.78 is 44.0. The molecule has 0 spiro atoms. The molecule has 0 bridgehead atoms. The lowest BCUT2D eigenvalue weighted by molar-refractivity contribution is -0.138. The molecule has 1 saturated heterocycles. The van der Waals surface area contributed by atoms with Gasteiger partial charge in [0.1, 0.15) is 13.2 Å². The summed E-state index contributed by atoms with van der Waals surface area (Å²) in [6.07, 6.45) is 1.03. The Hall–Kier alpha value is -3.27. The zero-order valence-electron chi connectivity index (χ0n) is 17.6. The topological polar surface area (TPSA) is 111 Å². The number of hydrogen-bond acceptors (Lipinski definition) is 7. The molecule has 2 aliphatic rings. The minimum absolute atomic E-state index is 0.0273. The molecule has 1 atom stereocenters. The highest BCUT2D eigenvalue weighted by Gasteiger charge is 2.26. The van der Waals surface area contributed by atoms with E-state index in [2.05, 4.69) is 4.72 Å². The summed E-state index contributed by atoms with van der Waals surface area (Å²) in [7, 11) is -3.87. The second-order valence-corrected chi connectivity index (χ2v) is 9.25. The summed E-state index contributed by atoms with van der Waals surface area (Å²) in [5, 5.41) is 0. The predicted molar refractivity (Wildman–Crippen MR) is 115 cm³/mol. The normalized spacial score (nSPS) is 16.3. The number of nitrogens with zero attached hydrogens (tertiary/aromatic N) is 1. The third-order valence-electron chi connectivity index (χ3n) is 5.25. The SMILES string of the molecule is CC(OC(=O)c1ccc(NS(=O)(=O)c2ccc3c(c2)OCCO3)cc1)C(=O)N1CCCC1. The minimum atomic E-state index is -3.87. The first kappa shape index (κ1) is 21.9. The number of sulfonamides is 1. The van der Waals surface area contributed by atoms with Crippen molar-refractivity contribution in [2.45, 2.75) is 30.8 Å². The van der Waals surface area contributed by atoms with Gasteiger partial charge in [0.15, 0.2) is 17.6 Å². The van der Waals surface area contributed by atoms with E-state index in [0.29, 0.717) is 37.8 Å². The molecule has 1 fully saturated rings. The molecule has 2 aromatic carbocycles. The van der Waals surface area contributed by atoms with Gasteiger partial charge in [0.2, 0.25) is 0 Å². The lowest BCUT2D eigenvalue weighted by Crippen LogP contribution is -2.38. The predicted octanol–water partition coefficient (Wildman–Crippen LogP) is 2.43. The van der Waals surface area contributed by atoms with Gasteiger partial charge in [0, 0.05) is 24.8 Å². The molecule has 1 amide bonds. The number of esters is 1. The third-order valence-corrected chi connectivity index (χ3v) is 6.63. The summed E-state index contributed by atoms with van der Waals surface area (Å²) in [4.78, 5) is 26.4. The van der Waals surface area contributed by atoms with Gasteiger partial charge in [-0.1, -0.05) is 0 Å². The number of carbonyl (C=O) groups excluding carboxylic acids is 2. The van der Waals surface area contributed by atoms with Gasteiger partial charge in [-0.15, -0.1) is 0 Å². The van der Waals surface area contributed by atoms with Crippen LogP contribution in [0.1, 0.15) is 30.1 Å². The van der Waals surface area contributed by atoms with Crippen LogP contribution in [-0.2, 0) is 19.6 Å². The number of carbonyl (C=O) groups is 2. The Kier molecular flexibility index (Phi) is 6.22. The van der Waals surface area contributed by atoms with Crippen LogP contribution in [-0.4, -0.2) is 57.6 Å². The third kappa shape index (κ3) is 4.80. The summed E-state index contributed by atoms with van der Waals surface area (Å²) >= 11 is 0. The van der Waals surface area contributed by atoms with Crippen LogP contribution < -0.4 is 14.2 Å². The Morgan fingerprint density at radius 2 is 1.66 bits per heavy atom. The maximum atomic E-state index is 12.7. The van der Waals surface area contributed by atoms with Gasteiger partial charge in [-0.2, -0.15) is 0 Å². The first-order valence-corrected chi connectivity index (χ1v) is 11.8. The molecular formula is C22H24N2O7S. The highest BCUT2D eigenvalue weighted by Crippen LogP contribution is 2.32. The van der Waals surface area contributed by atoms with E-state index in [4.69, 9.17) is 14.2 Å². The molecule has 1 N–H and O–H groups in total. The van der Waals surface area contributed by atoms with E-state index < -0.39 is 22.1 Å². The molecule has 2 aliphatic heterocycles. The Morgan fingerprint density at radius 3 is 2.34 bits per heavy atom. The molecule has 0 saturated carbocycles. The fraction of sp³-hybridized carbons (Fsp3) is 0.364. The van der Waals surface area contributed by atoms with Gasteiger partial charge in [-0.05, 0) is 56.2 Å². The highest BCUT2D eigenvalue weighted by molar-refractivity contribution is 7.92. The quantitative estimate of drug-likeness (QED) is 0.659. The van der Waals surface area contributed by atoms with E-state index in [-0.39, 0.29) is 22.1 Å². The number of likely N-dealkylation sites (tertiary alicyclic amines) is 1. The van der Waals surface area contributed by atoms with Crippen LogP contribution in [0.4, 0.5) is 5.69 Å². The van der Waals surface area contributed by atoms with Gasteiger partial charge in [0.25, 0.3) is 15.9 Å². The van der Waals surface area contributed by atoms with Crippen molar-refractivity contribution >= 4 is 27.6 Å². The lowest BCUT2D eigenvalue weighted by atomic mass is 10.2. The maximum absolute atomic E-state index is 12.7. The van der Waals surface area contributed by atoms with Gasteiger partial charge in [-0.25, -0.2) is 13.2 Å². The van der Waals surface area contributed by atoms with Crippen LogP contribution in [0.25, 0.3) is 0 Å². The second-order valence-electron chi connectivity index (χ2n) is 7.57.